The monoisotopic (exact) mass is 362 g/mol. The number of ether oxygens (including phenoxy) is 2. The molecule has 2 saturated heterocycles. The number of nitrogens with zero attached hydrogens (tertiary/aromatic N) is 2. The average Bonchev–Trinajstić information content (AvgIpc) is 2.66. The highest BCUT2D eigenvalue weighted by molar-refractivity contribution is 5.77. The average molecular weight is 362 g/mol. The molecule has 1 amide bonds. The number of likely N-dealkylation sites (tertiary alicyclic amines) is 2. The van der Waals surface area contributed by atoms with Crippen LogP contribution in [0.2, 0.25) is 0 Å². The number of β-amino-alcohol motifs (C(OH)–C–C–N with tert-alkyl or cyclic N) is 1. The highest BCUT2D eigenvalue weighted by atomic mass is 16.5. The van der Waals surface area contributed by atoms with Crippen LogP contribution < -0.4 is 9.47 Å². The minimum atomic E-state index is 0.0363. The SMILES string of the molecule is COc1ccc(CN2CCC[C@]3(CCC(=O)N(CCO)C3)C2)c(OC)c1. The van der Waals surface area contributed by atoms with Crippen LogP contribution in [0.25, 0.3) is 0 Å². The van der Waals surface area contributed by atoms with E-state index in [2.05, 4.69) is 11.0 Å². The number of aliphatic hydroxyl groups excluding tert-OH is 1. The number of rotatable bonds is 6. The Balaban J connectivity index is 1.70. The minimum Gasteiger partial charge on any atom is -0.497 e. The van der Waals surface area contributed by atoms with Gasteiger partial charge in [-0.2, -0.15) is 0 Å². The molecule has 144 valence electrons. The Morgan fingerprint density at radius 1 is 1.19 bits per heavy atom. The zero-order chi connectivity index (χ0) is 18.6. The smallest absolute Gasteiger partial charge is 0.222 e. The number of hydrogen-bond acceptors (Lipinski definition) is 5. The second kappa shape index (κ2) is 8.27. The van der Waals surface area contributed by atoms with Crippen molar-refractivity contribution < 1.29 is 19.4 Å². The van der Waals surface area contributed by atoms with Crippen LogP contribution in [0.5, 0.6) is 11.5 Å². The van der Waals surface area contributed by atoms with Crippen molar-refractivity contribution in [2.24, 2.45) is 5.41 Å². The maximum Gasteiger partial charge on any atom is 0.222 e. The first kappa shape index (κ1) is 19.0. The van der Waals surface area contributed by atoms with Crippen molar-refractivity contribution in [2.45, 2.75) is 32.2 Å². The largest absolute Gasteiger partial charge is 0.497 e. The summed E-state index contributed by atoms with van der Waals surface area (Å²) in [7, 11) is 3.35. The molecule has 1 aromatic carbocycles. The normalized spacial score (nSPS) is 24.1. The molecule has 0 radical (unpaired) electrons. The molecule has 2 fully saturated rings. The number of hydrogen-bond donors (Lipinski definition) is 1. The van der Waals surface area contributed by atoms with Crippen LogP contribution in [0.4, 0.5) is 0 Å². The van der Waals surface area contributed by atoms with Crippen LogP contribution in [0.3, 0.4) is 0 Å². The van der Waals surface area contributed by atoms with E-state index in [4.69, 9.17) is 9.47 Å². The summed E-state index contributed by atoms with van der Waals surface area (Å²) in [5, 5.41) is 9.24. The van der Waals surface area contributed by atoms with Crippen LogP contribution in [0.15, 0.2) is 18.2 Å². The lowest BCUT2D eigenvalue weighted by atomic mass is 9.73. The summed E-state index contributed by atoms with van der Waals surface area (Å²) < 4.78 is 10.8. The molecule has 0 unspecified atom stereocenters. The van der Waals surface area contributed by atoms with Gasteiger partial charge in [0.25, 0.3) is 0 Å². The summed E-state index contributed by atoms with van der Waals surface area (Å²) in [5.41, 5.74) is 1.31. The van der Waals surface area contributed by atoms with E-state index >= 15 is 0 Å². The minimum absolute atomic E-state index is 0.0363. The Bertz CT molecular complexity index is 636. The molecular formula is C20H30N2O4. The van der Waals surface area contributed by atoms with E-state index < -0.39 is 0 Å². The van der Waals surface area contributed by atoms with Crippen LogP contribution in [0.1, 0.15) is 31.2 Å². The summed E-state index contributed by atoms with van der Waals surface area (Å²) >= 11 is 0. The van der Waals surface area contributed by atoms with E-state index in [9.17, 15) is 9.90 Å². The van der Waals surface area contributed by atoms with Gasteiger partial charge in [0.15, 0.2) is 0 Å². The third-order valence-corrected chi connectivity index (χ3v) is 5.75. The van der Waals surface area contributed by atoms with E-state index in [1.807, 2.05) is 17.0 Å². The molecule has 26 heavy (non-hydrogen) atoms. The van der Waals surface area contributed by atoms with Gasteiger partial charge in [0.1, 0.15) is 11.5 Å². The van der Waals surface area contributed by atoms with Crippen LogP contribution >= 0.6 is 0 Å². The first-order valence-electron chi connectivity index (χ1n) is 9.41. The van der Waals surface area contributed by atoms with Crippen molar-refractivity contribution >= 4 is 5.91 Å². The fourth-order valence-corrected chi connectivity index (χ4v) is 4.43. The highest BCUT2D eigenvalue weighted by Crippen LogP contribution is 2.39. The summed E-state index contributed by atoms with van der Waals surface area (Å²) in [4.78, 5) is 16.4. The van der Waals surface area contributed by atoms with E-state index in [1.165, 1.54) is 0 Å². The predicted octanol–water partition coefficient (Wildman–Crippen LogP) is 1.90. The molecule has 0 aromatic heterocycles. The lowest BCUT2D eigenvalue weighted by Crippen LogP contribution is -2.54. The number of aliphatic hydroxyl groups is 1. The van der Waals surface area contributed by atoms with Crippen molar-refractivity contribution in [1.29, 1.82) is 0 Å². The molecule has 2 heterocycles. The molecule has 2 aliphatic heterocycles. The van der Waals surface area contributed by atoms with Crippen molar-refractivity contribution in [3.05, 3.63) is 23.8 Å². The maximum atomic E-state index is 12.1. The van der Waals surface area contributed by atoms with E-state index in [1.54, 1.807) is 14.2 Å². The zero-order valence-corrected chi connectivity index (χ0v) is 15.9. The molecule has 6 heteroatoms. The molecular weight excluding hydrogens is 332 g/mol. The van der Waals surface area contributed by atoms with Gasteiger partial charge in [0, 0.05) is 49.6 Å². The van der Waals surface area contributed by atoms with E-state index in [0.29, 0.717) is 13.0 Å². The van der Waals surface area contributed by atoms with E-state index in [0.717, 1.165) is 62.5 Å². The molecule has 3 rings (SSSR count). The van der Waals surface area contributed by atoms with Gasteiger partial charge >= 0.3 is 0 Å². The Morgan fingerprint density at radius 3 is 2.77 bits per heavy atom. The van der Waals surface area contributed by atoms with Crippen LogP contribution in [0, 0.1) is 5.41 Å². The lowest BCUT2D eigenvalue weighted by molar-refractivity contribution is -0.140. The Hall–Kier alpha value is -1.79. The predicted molar refractivity (Wildman–Crippen MR) is 99.4 cm³/mol. The number of amides is 1. The highest BCUT2D eigenvalue weighted by Gasteiger charge is 2.41. The van der Waals surface area contributed by atoms with Gasteiger partial charge in [-0.15, -0.1) is 0 Å². The maximum absolute atomic E-state index is 12.1. The molecule has 6 nitrogen and oxygen atoms in total. The molecule has 0 bridgehead atoms. The molecule has 1 atom stereocenters. The van der Waals surface area contributed by atoms with Gasteiger partial charge in [0.2, 0.25) is 5.91 Å². The number of carbonyl (C=O) groups excluding carboxylic acids is 1. The molecule has 1 spiro atoms. The fourth-order valence-electron chi connectivity index (χ4n) is 4.43. The molecule has 0 aliphatic carbocycles. The third kappa shape index (κ3) is 4.13. The zero-order valence-electron chi connectivity index (χ0n) is 15.9. The summed E-state index contributed by atoms with van der Waals surface area (Å²) in [6.45, 7) is 4.13. The lowest BCUT2D eigenvalue weighted by Gasteiger charge is -2.48. The molecule has 2 aliphatic rings. The van der Waals surface area contributed by atoms with Crippen molar-refractivity contribution in [2.75, 3.05) is 47.0 Å². The van der Waals surface area contributed by atoms with Gasteiger partial charge in [-0.1, -0.05) is 6.07 Å². The first-order chi connectivity index (χ1) is 12.6. The number of methoxy groups -OCH3 is 2. The number of benzene rings is 1. The summed E-state index contributed by atoms with van der Waals surface area (Å²) in [6, 6.07) is 5.97. The fraction of sp³-hybridized carbons (Fsp3) is 0.650. The van der Waals surface area contributed by atoms with Gasteiger partial charge in [-0.3, -0.25) is 9.69 Å². The third-order valence-electron chi connectivity index (χ3n) is 5.75. The van der Waals surface area contributed by atoms with Crippen LogP contribution in [-0.2, 0) is 11.3 Å². The summed E-state index contributed by atoms with van der Waals surface area (Å²) in [5.74, 6) is 1.83. The topological polar surface area (TPSA) is 62.2 Å². The van der Waals surface area contributed by atoms with Gasteiger partial charge in [0.05, 0.1) is 20.8 Å². The summed E-state index contributed by atoms with van der Waals surface area (Å²) in [6.07, 6.45) is 3.84. The van der Waals surface area contributed by atoms with Crippen LogP contribution in [-0.4, -0.2) is 67.8 Å². The van der Waals surface area contributed by atoms with E-state index in [-0.39, 0.29) is 17.9 Å². The number of carbonyl (C=O) groups is 1. The Kier molecular flexibility index (Phi) is 6.04. The first-order valence-corrected chi connectivity index (χ1v) is 9.41. The molecule has 0 saturated carbocycles. The molecule has 1 N–H and O–H groups in total. The van der Waals surface area contributed by atoms with Crippen molar-refractivity contribution in [3.63, 3.8) is 0 Å². The van der Waals surface area contributed by atoms with Gasteiger partial charge < -0.3 is 19.5 Å². The quantitative estimate of drug-likeness (QED) is 0.837. The standard InChI is InChI=1S/C20H30N2O4/c1-25-17-5-4-16(18(12-17)26-2)13-21-9-3-7-20(14-21)8-6-19(24)22(15-20)10-11-23/h4-5,12,23H,3,6-11,13-15H2,1-2H3/t20-/m0/s1. The molecule has 1 aromatic rings. The Morgan fingerprint density at radius 2 is 2.04 bits per heavy atom. The van der Waals surface area contributed by atoms with Gasteiger partial charge in [-0.25, -0.2) is 0 Å². The Labute approximate surface area is 155 Å². The second-order valence-corrected chi connectivity index (χ2v) is 7.53. The number of piperidine rings is 2. The van der Waals surface area contributed by atoms with Gasteiger partial charge in [-0.05, 0) is 31.9 Å². The van der Waals surface area contributed by atoms with Crippen molar-refractivity contribution in [1.82, 2.24) is 9.80 Å². The van der Waals surface area contributed by atoms with Crippen molar-refractivity contribution in [3.8, 4) is 11.5 Å². The second-order valence-electron chi connectivity index (χ2n) is 7.53.